The first-order valence-electron chi connectivity index (χ1n) is 3.01. The van der Waals surface area contributed by atoms with E-state index in [1.54, 1.807) is 7.11 Å². The molecule has 0 radical (unpaired) electrons. The van der Waals surface area contributed by atoms with Gasteiger partial charge in [-0.25, -0.2) is 0 Å². The first kappa shape index (κ1) is 8.48. The van der Waals surface area contributed by atoms with Crippen LogP contribution in [0.5, 0.6) is 0 Å². The smallest absolute Gasteiger partial charge is 0.0587 e. The van der Waals surface area contributed by atoms with Crippen LogP contribution in [-0.2, 0) is 4.74 Å². The Morgan fingerprint density at radius 2 is 2.33 bits per heavy atom. The Kier molecular flexibility index (Phi) is 7.05. The molecule has 0 unspecified atom stereocenters. The van der Waals surface area contributed by atoms with Crippen LogP contribution < -0.4 is 5.32 Å². The van der Waals surface area contributed by atoms with Crippen LogP contribution in [0.2, 0.25) is 0 Å². The molecule has 0 aliphatic heterocycles. The van der Waals surface area contributed by atoms with Gasteiger partial charge < -0.3 is 10.1 Å². The quantitative estimate of drug-likeness (QED) is 0.431. The van der Waals surface area contributed by atoms with Crippen LogP contribution in [0.15, 0.2) is 0 Å². The molecule has 0 saturated carbocycles. The molecule has 2 heteroatoms. The summed E-state index contributed by atoms with van der Waals surface area (Å²) in [5.41, 5.74) is 0. The summed E-state index contributed by atoms with van der Waals surface area (Å²) >= 11 is 0. The third-order valence-electron chi connectivity index (χ3n) is 0.873. The summed E-state index contributed by atoms with van der Waals surface area (Å²) in [6.45, 7) is 4.23. The lowest BCUT2D eigenvalue weighted by molar-refractivity contribution is 0.200. The van der Waals surface area contributed by atoms with E-state index >= 15 is 0 Å². The van der Waals surface area contributed by atoms with Crippen molar-refractivity contribution in [3.63, 3.8) is 0 Å². The molecule has 0 aromatic rings. The van der Waals surface area contributed by atoms with Crippen LogP contribution in [0.25, 0.3) is 0 Å². The lowest BCUT2D eigenvalue weighted by Gasteiger charge is -1.96. The van der Waals surface area contributed by atoms with Crippen molar-refractivity contribution in [2.45, 2.75) is 6.92 Å². The maximum Gasteiger partial charge on any atom is 0.0587 e. The van der Waals surface area contributed by atoms with Crippen LogP contribution >= 0.6 is 0 Å². The van der Waals surface area contributed by atoms with Crippen LogP contribution in [0, 0.1) is 11.8 Å². The van der Waals surface area contributed by atoms with Gasteiger partial charge >= 0.3 is 0 Å². The Labute approximate surface area is 56.6 Å². The summed E-state index contributed by atoms with van der Waals surface area (Å²) in [7, 11) is 1.69. The van der Waals surface area contributed by atoms with Gasteiger partial charge in [0.1, 0.15) is 0 Å². The van der Waals surface area contributed by atoms with Crippen molar-refractivity contribution in [2.24, 2.45) is 0 Å². The van der Waals surface area contributed by atoms with Gasteiger partial charge in [0.05, 0.1) is 13.2 Å². The number of hydrogen-bond donors (Lipinski definition) is 1. The van der Waals surface area contributed by atoms with Crippen LogP contribution in [0.3, 0.4) is 0 Å². The molecule has 0 fully saturated rings. The second-order valence-electron chi connectivity index (χ2n) is 1.60. The zero-order valence-corrected chi connectivity index (χ0v) is 6.03. The van der Waals surface area contributed by atoms with E-state index in [0.29, 0.717) is 0 Å². The molecule has 52 valence electrons. The maximum atomic E-state index is 4.81. The van der Waals surface area contributed by atoms with Crippen molar-refractivity contribution >= 4 is 0 Å². The van der Waals surface area contributed by atoms with E-state index in [0.717, 1.165) is 19.7 Å². The SMILES string of the molecule is CC#CCNCCOC. The second kappa shape index (κ2) is 7.48. The Morgan fingerprint density at radius 3 is 2.89 bits per heavy atom. The molecule has 0 aliphatic rings. The van der Waals surface area contributed by atoms with E-state index in [1.807, 2.05) is 6.92 Å². The van der Waals surface area contributed by atoms with Gasteiger partial charge in [-0.3, -0.25) is 0 Å². The molecule has 0 amide bonds. The topological polar surface area (TPSA) is 21.3 Å². The molecule has 0 heterocycles. The number of methoxy groups -OCH3 is 1. The molecular formula is C7H13NO. The molecule has 1 N–H and O–H groups in total. The highest BCUT2D eigenvalue weighted by atomic mass is 16.5. The van der Waals surface area contributed by atoms with E-state index in [2.05, 4.69) is 17.2 Å². The minimum atomic E-state index is 0.755. The fraction of sp³-hybridized carbons (Fsp3) is 0.714. The molecule has 0 aromatic heterocycles. The summed E-state index contributed by atoms with van der Waals surface area (Å²) < 4.78 is 4.81. The highest BCUT2D eigenvalue weighted by Gasteiger charge is 1.79. The zero-order valence-electron chi connectivity index (χ0n) is 6.03. The van der Waals surface area contributed by atoms with Gasteiger partial charge in [-0.1, -0.05) is 5.92 Å². The van der Waals surface area contributed by atoms with E-state index in [1.165, 1.54) is 0 Å². The summed E-state index contributed by atoms with van der Waals surface area (Å²) in [4.78, 5) is 0. The lowest BCUT2D eigenvalue weighted by atomic mass is 10.5. The number of rotatable bonds is 4. The van der Waals surface area contributed by atoms with Crippen LogP contribution in [0.1, 0.15) is 6.92 Å². The van der Waals surface area contributed by atoms with Gasteiger partial charge in [0, 0.05) is 13.7 Å². The minimum absolute atomic E-state index is 0.755. The summed E-state index contributed by atoms with van der Waals surface area (Å²) in [6.07, 6.45) is 0. The summed E-state index contributed by atoms with van der Waals surface area (Å²) in [6, 6.07) is 0. The molecule has 9 heavy (non-hydrogen) atoms. The van der Waals surface area contributed by atoms with E-state index in [-0.39, 0.29) is 0 Å². The van der Waals surface area contributed by atoms with Gasteiger partial charge in [-0.05, 0) is 6.92 Å². The average molecular weight is 127 g/mol. The average Bonchev–Trinajstić information content (AvgIpc) is 1.89. The third kappa shape index (κ3) is 7.48. The number of nitrogens with one attached hydrogen (secondary N) is 1. The van der Waals surface area contributed by atoms with Crippen LogP contribution in [0.4, 0.5) is 0 Å². The van der Waals surface area contributed by atoms with Crippen molar-refractivity contribution in [2.75, 3.05) is 26.8 Å². The predicted octanol–water partition coefficient (Wildman–Crippen LogP) is 0.246. The molecule has 0 saturated heterocycles. The molecule has 0 spiro atoms. The third-order valence-corrected chi connectivity index (χ3v) is 0.873. The van der Waals surface area contributed by atoms with Crippen LogP contribution in [-0.4, -0.2) is 26.8 Å². The van der Waals surface area contributed by atoms with Gasteiger partial charge in [0.2, 0.25) is 0 Å². The predicted molar refractivity (Wildman–Crippen MR) is 38.2 cm³/mol. The Morgan fingerprint density at radius 1 is 1.56 bits per heavy atom. The van der Waals surface area contributed by atoms with Crippen molar-refractivity contribution in [3.8, 4) is 11.8 Å². The highest BCUT2D eigenvalue weighted by molar-refractivity contribution is 4.96. The normalized spacial score (nSPS) is 8.22. The molecule has 2 nitrogen and oxygen atoms in total. The maximum absolute atomic E-state index is 4.81. The van der Waals surface area contributed by atoms with Crippen molar-refractivity contribution in [1.29, 1.82) is 0 Å². The lowest BCUT2D eigenvalue weighted by Crippen LogP contribution is -2.18. The van der Waals surface area contributed by atoms with E-state index in [9.17, 15) is 0 Å². The second-order valence-corrected chi connectivity index (χ2v) is 1.60. The molecule has 0 aromatic carbocycles. The molecule has 0 rings (SSSR count). The Bertz CT molecular complexity index is 101. The molecular weight excluding hydrogens is 114 g/mol. The standard InChI is InChI=1S/C7H13NO/c1-3-4-5-8-6-7-9-2/h8H,5-7H2,1-2H3. The first-order chi connectivity index (χ1) is 4.41. The molecule has 0 atom stereocenters. The fourth-order valence-corrected chi connectivity index (χ4v) is 0.414. The van der Waals surface area contributed by atoms with Gasteiger partial charge in [0.25, 0.3) is 0 Å². The van der Waals surface area contributed by atoms with Crippen molar-refractivity contribution in [1.82, 2.24) is 5.32 Å². The molecule has 0 aliphatic carbocycles. The molecule has 0 bridgehead atoms. The summed E-state index contributed by atoms with van der Waals surface area (Å²) in [5.74, 6) is 5.68. The first-order valence-corrected chi connectivity index (χ1v) is 3.01. The zero-order chi connectivity index (χ0) is 6.95. The number of ether oxygens (including phenoxy) is 1. The Hall–Kier alpha value is -0.520. The highest BCUT2D eigenvalue weighted by Crippen LogP contribution is 1.62. The van der Waals surface area contributed by atoms with Gasteiger partial charge in [0.15, 0.2) is 0 Å². The Balaban J connectivity index is 2.80. The van der Waals surface area contributed by atoms with E-state index < -0.39 is 0 Å². The van der Waals surface area contributed by atoms with E-state index in [4.69, 9.17) is 4.74 Å². The number of hydrogen-bond acceptors (Lipinski definition) is 2. The minimum Gasteiger partial charge on any atom is -0.383 e. The fourth-order valence-electron chi connectivity index (χ4n) is 0.414. The van der Waals surface area contributed by atoms with Crippen molar-refractivity contribution < 1.29 is 4.74 Å². The van der Waals surface area contributed by atoms with Gasteiger partial charge in [-0.2, -0.15) is 0 Å². The van der Waals surface area contributed by atoms with Crippen molar-refractivity contribution in [3.05, 3.63) is 0 Å². The largest absolute Gasteiger partial charge is 0.383 e. The monoisotopic (exact) mass is 127 g/mol. The summed E-state index contributed by atoms with van der Waals surface area (Å²) in [5, 5.41) is 3.09. The van der Waals surface area contributed by atoms with Gasteiger partial charge in [-0.15, -0.1) is 5.92 Å².